The molecule has 6 heteroatoms. The van der Waals surface area contributed by atoms with E-state index >= 15 is 0 Å². The Morgan fingerprint density at radius 1 is 1.80 bits per heavy atom. The number of hydrogen-bond donors (Lipinski definition) is 2. The van der Waals surface area contributed by atoms with Gasteiger partial charge in [-0.1, -0.05) is 19.1 Å². The Hall–Kier alpha value is -1.01. The summed E-state index contributed by atoms with van der Waals surface area (Å²) in [4.78, 5) is 15.9. The number of thiazole rings is 1. The van der Waals surface area contributed by atoms with Gasteiger partial charge in [0.05, 0.1) is 10.5 Å². The normalized spacial score (nSPS) is 12.1. The van der Waals surface area contributed by atoms with E-state index in [2.05, 4.69) is 10.3 Å². The summed E-state index contributed by atoms with van der Waals surface area (Å²) in [6.45, 7) is 1.98. The molecule has 0 saturated carbocycles. The van der Waals surface area contributed by atoms with Crippen LogP contribution in [0.15, 0.2) is 10.9 Å². The number of nitrogens with zero attached hydrogens (tertiary/aromatic N) is 1. The molecule has 1 unspecified atom stereocenters. The van der Waals surface area contributed by atoms with Crippen LogP contribution in [0.25, 0.3) is 0 Å². The number of carbonyl (C=O) groups excluding carboxylic acids is 1. The van der Waals surface area contributed by atoms with Crippen molar-refractivity contribution in [3.05, 3.63) is 16.6 Å². The molecule has 0 fully saturated rings. The van der Waals surface area contributed by atoms with Crippen LogP contribution in [0.1, 0.15) is 30.3 Å². The van der Waals surface area contributed by atoms with Crippen LogP contribution in [0.4, 0.5) is 0 Å². The topological polar surface area (TPSA) is 68.0 Å². The van der Waals surface area contributed by atoms with E-state index in [1.807, 2.05) is 6.92 Å². The Labute approximate surface area is 97.9 Å². The maximum atomic E-state index is 11.6. The number of rotatable bonds is 5. The van der Waals surface area contributed by atoms with Crippen molar-refractivity contribution >= 4 is 34.5 Å². The van der Waals surface area contributed by atoms with Gasteiger partial charge in [-0.05, 0) is 6.42 Å². The third-order valence-corrected chi connectivity index (χ3v) is 2.69. The molecule has 15 heavy (non-hydrogen) atoms. The van der Waals surface area contributed by atoms with Gasteiger partial charge in [0.1, 0.15) is 5.69 Å². The molecule has 1 atom stereocenters. The average Bonchev–Trinajstić information content (AvgIpc) is 2.68. The SMILES string of the molecule is CCC(CC(N)=S)NC(=O)c1cscn1. The fourth-order valence-corrected chi connectivity index (χ4v) is 1.86. The smallest absolute Gasteiger partial charge is 0.270 e. The molecule has 1 heterocycles. The van der Waals surface area contributed by atoms with E-state index in [4.69, 9.17) is 18.0 Å². The molecule has 0 aliphatic heterocycles. The highest BCUT2D eigenvalue weighted by Gasteiger charge is 2.13. The highest BCUT2D eigenvalue weighted by molar-refractivity contribution is 7.80. The summed E-state index contributed by atoms with van der Waals surface area (Å²) in [6, 6.07) is -0.00306. The molecule has 0 spiro atoms. The van der Waals surface area contributed by atoms with Crippen molar-refractivity contribution in [2.24, 2.45) is 5.73 Å². The van der Waals surface area contributed by atoms with Gasteiger partial charge in [-0.3, -0.25) is 4.79 Å². The molecule has 0 aliphatic carbocycles. The molecule has 1 rings (SSSR count). The zero-order valence-corrected chi connectivity index (χ0v) is 10.0. The Kier molecular flexibility index (Phi) is 4.64. The monoisotopic (exact) mass is 243 g/mol. The predicted octanol–water partition coefficient (Wildman–Crippen LogP) is 1.33. The minimum atomic E-state index is -0.167. The third kappa shape index (κ3) is 3.93. The molecule has 1 aromatic heterocycles. The first-order valence-corrected chi connectivity index (χ1v) is 5.96. The summed E-state index contributed by atoms with van der Waals surface area (Å²) in [5, 5.41) is 4.55. The second kappa shape index (κ2) is 5.77. The van der Waals surface area contributed by atoms with E-state index in [9.17, 15) is 4.79 Å². The number of carbonyl (C=O) groups is 1. The first kappa shape index (κ1) is 12.1. The minimum absolute atomic E-state index is 0.00306. The van der Waals surface area contributed by atoms with E-state index in [0.717, 1.165) is 6.42 Å². The van der Waals surface area contributed by atoms with Crippen molar-refractivity contribution in [2.45, 2.75) is 25.8 Å². The third-order valence-electron chi connectivity index (χ3n) is 1.94. The van der Waals surface area contributed by atoms with Gasteiger partial charge < -0.3 is 11.1 Å². The summed E-state index contributed by atoms with van der Waals surface area (Å²) in [5.41, 5.74) is 7.50. The van der Waals surface area contributed by atoms with Crippen molar-refractivity contribution < 1.29 is 4.79 Å². The fraction of sp³-hybridized carbons (Fsp3) is 0.444. The average molecular weight is 243 g/mol. The van der Waals surface area contributed by atoms with Crippen molar-refractivity contribution in [2.75, 3.05) is 0 Å². The van der Waals surface area contributed by atoms with E-state index in [0.29, 0.717) is 17.1 Å². The molecule has 1 aromatic rings. The molecular formula is C9H13N3OS2. The van der Waals surface area contributed by atoms with Gasteiger partial charge >= 0.3 is 0 Å². The molecule has 0 aliphatic rings. The van der Waals surface area contributed by atoms with Crippen molar-refractivity contribution in [1.82, 2.24) is 10.3 Å². The largest absolute Gasteiger partial charge is 0.393 e. The van der Waals surface area contributed by atoms with Crippen LogP contribution in [0.5, 0.6) is 0 Å². The lowest BCUT2D eigenvalue weighted by molar-refractivity contribution is 0.0933. The van der Waals surface area contributed by atoms with Gasteiger partial charge in [0.25, 0.3) is 5.91 Å². The van der Waals surface area contributed by atoms with Crippen molar-refractivity contribution in [1.29, 1.82) is 0 Å². The van der Waals surface area contributed by atoms with Crippen LogP contribution in [0.3, 0.4) is 0 Å². The van der Waals surface area contributed by atoms with Gasteiger partial charge in [0, 0.05) is 17.8 Å². The predicted molar refractivity (Wildman–Crippen MR) is 65.1 cm³/mol. The minimum Gasteiger partial charge on any atom is -0.393 e. The quantitative estimate of drug-likeness (QED) is 0.766. The number of aromatic nitrogens is 1. The number of nitrogens with two attached hydrogens (primary N) is 1. The Balaban J connectivity index is 2.52. The van der Waals surface area contributed by atoms with Gasteiger partial charge in [0.2, 0.25) is 0 Å². The van der Waals surface area contributed by atoms with Crippen LogP contribution in [0, 0.1) is 0 Å². The number of amides is 1. The molecule has 4 nitrogen and oxygen atoms in total. The van der Waals surface area contributed by atoms with E-state index in [-0.39, 0.29) is 11.9 Å². The lowest BCUT2D eigenvalue weighted by atomic mass is 10.1. The molecule has 1 amide bonds. The molecule has 0 aromatic carbocycles. The molecule has 0 radical (unpaired) electrons. The Bertz CT molecular complexity index is 337. The number of thiocarbonyl (C=S) groups is 1. The second-order valence-electron chi connectivity index (χ2n) is 3.12. The first-order chi connectivity index (χ1) is 7.13. The van der Waals surface area contributed by atoms with Crippen molar-refractivity contribution in [3.63, 3.8) is 0 Å². The van der Waals surface area contributed by atoms with Crippen LogP contribution in [-0.4, -0.2) is 21.9 Å². The fourth-order valence-electron chi connectivity index (χ4n) is 1.12. The summed E-state index contributed by atoms with van der Waals surface area (Å²) in [6.07, 6.45) is 1.33. The molecule has 82 valence electrons. The molecule has 0 saturated heterocycles. The summed E-state index contributed by atoms with van der Waals surface area (Å²) < 4.78 is 0. The van der Waals surface area contributed by atoms with Crippen molar-refractivity contribution in [3.8, 4) is 0 Å². The second-order valence-corrected chi connectivity index (χ2v) is 4.37. The zero-order valence-electron chi connectivity index (χ0n) is 8.40. The standard InChI is InChI=1S/C9H13N3OS2/c1-2-6(3-8(10)14)12-9(13)7-4-15-5-11-7/h4-6H,2-3H2,1H3,(H2,10,14)(H,12,13). The summed E-state index contributed by atoms with van der Waals surface area (Å²) in [7, 11) is 0. The Morgan fingerprint density at radius 2 is 2.53 bits per heavy atom. The molecule has 3 N–H and O–H groups in total. The van der Waals surface area contributed by atoms with E-state index in [1.54, 1.807) is 10.9 Å². The van der Waals surface area contributed by atoms with Crippen LogP contribution < -0.4 is 11.1 Å². The maximum absolute atomic E-state index is 11.6. The van der Waals surface area contributed by atoms with Gasteiger partial charge in [-0.2, -0.15) is 0 Å². The molecular weight excluding hydrogens is 230 g/mol. The van der Waals surface area contributed by atoms with Gasteiger partial charge in [-0.15, -0.1) is 11.3 Å². The number of nitrogens with one attached hydrogen (secondary N) is 1. The summed E-state index contributed by atoms with van der Waals surface area (Å²) >= 11 is 6.20. The van der Waals surface area contributed by atoms with E-state index in [1.165, 1.54) is 11.3 Å². The van der Waals surface area contributed by atoms with E-state index < -0.39 is 0 Å². The summed E-state index contributed by atoms with van der Waals surface area (Å²) in [5.74, 6) is -0.167. The lowest BCUT2D eigenvalue weighted by Gasteiger charge is -2.15. The highest BCUT2D eigenvalue weighted by atomic mass is 32.1. The van der Waals surface area contributed by atoms with Gasteiger partial charge in [-0.25, -0.2) is 4.98 Å². The lowest BCUT2D eigenvalue weighted by Crippen LogP contribution is -2.37. The first-order valence-electron chi connectivity index (χ1n) is 4.60. The Morgan fingerprint density at radius 3 is 3.00 bits per heavy atom. The van der Waals surface area contributed by atoms with Crippen LogP contribution >= 0.6 is 23.6 Å². The zero-order chi connectivity index (χ0) is 11.3. The van der Waals surface area contributed by atoms with Crippen LogP contribution in [0.2, 0.25) is 0 Å². The highest BCUT2D eigenvalue weighted by Crippen LogP contribution is 2.03. The maximum Gasteiger partial charge on any atom is 0.270 e. The van der Waals surface area contributed by atoms with Gasteiger partial charge in [0.15, 0.2) is 0 Å². The number of hydrogen-bond acceptors (Lipinski definition) is 4. The van der Waals surface area contributed by atoms with Crippen LogP contribution in [-0.2, 0) is 0 Å². The molecule has 0 bridgehead atoms.